The Labute approximate surface area is 127 Å². The number of nitrogens with zero attached hydrogens (tertiary/aromatic N) is 1. The van der Waals surface area contributed by atoms with E-state index < -0.39 is 0 Å². The van der Waals surface area contributed by atoms with Crippen LogP contribution in [0.3, 0.4) is 0 Å². The lowest BCUT2D eigenvalue weighted by atomic mass is 9.94. The van der Waals surface area contributed by atoms with E-state index in [0.717, 1.165) is 24.8 Å². The van der Waals surface area contributed by atoms with Crippen molar-refractivity contribution in [3.63, 3.8) is 0 Å². The van der Waals surface area contributed by atoms with E-state index in [0.29, 0.717) is 12.1 Å². The molecule has 22 heavy (non-hydrogen) atoms. The number of rotatable bonds is 2. The molecule has 1 atom stereocenters. The number of likely N-dealkylation sites (tertiary alicyclic amines) is 1. The van der Waals surface area contributed by atoms with Gasteiger partial charge in [-0.1, -0.05) is 12.1 Å². The summed E-state index contributed by atoms with van der Waals surface area (Å²) in [5.41, 5.74) is 1.03. The summed E-state index contributed by atoms with van der Waals surface area (Å²) in [6, 6.07) is 9.16. The van der Waals surface area contributed by atoms with Gasteiger partial charge >= 0.3 is 0 Å². The minimum atomic E-state index is -0.292. The Balaban J connectivity index is 1.90. The van der Waals surface area contributed by atoms with Crippen LogP contribution < -0.4 is 5.56 Å². The van der Waals surface area contributed by atoms with Crippen LogP contribution in [0.25, 0.3) is 0 Å². The highest BCUT2D eigenvalue weighted by Crippen LogP contribution is 2.32. The third-order valence-electron chi connectivity index (χ3n) is 4.03. The highest BCUT2D eigenvalue weighted by atomic mass is 19.1. The zero-order valence-corrected chi connectivity index (χ0v) is 12.1. The second-order valence-electron chi connectivity index (χ2n) is 5.51. The molecule has 0 saturated carbocycles. The van der Waals surface area contributed by atoms with Crippen molar-refractivity contribution in [3.8, 4) is 0 Å². The number of pyridine rings is 1. The number of H-pyrrole nitrogens is 1. The second kappa shape index (κ2) is 6.13. The number of nitrogens with one attached hydrogen (secondary N) is 1. The Morgan fingerprint density at radius 3 is 2.82 bits per heavy atom. The van der Waals surface area contributed by atoms with E-state index in [-0.39, 0.29) is 23.3 Å². The zero-order chi connectivity index (χ0) is 15.5. The summed E-state index contributed by atoms with van der Waals surface area (Å²) in [5.74, 6) is -0.426. The van der Waals surface area contributed by atoms with Gasteiger partial charge in [0.05, 0.1) is 11.6 Å². The van der Waals surface area contributed by atoms with Crippen molar-refractivity contribution in [1.82, 2.24) is 9.88 Å². The Morgan fingerprint density at radius 2 is 2.09 bits per heavy atom. The molecule has 1 N–H and O–H groups in total. The molecule has 0 radical (unpaired) electrons. The summed E-state index contributed by atoms with van der Waals surface area (Å²) < 4.78 is 13.5. The van der Waals surface area contributed by atoms with Crippen molar-refractivity contribution in [3.05, 3.63) is 69.9 Å². The molecule has 1 aliphatic heterocycles. The zero-order valence-electron chi connectivity index (χ0n) is 12.1. The van der Waals surface area contributed by atoms with Gasteiger partial charge in [0.1, 0.15) is 5.82 Å². The average molecular weight is 300 g/mol. The van der Waals surface area contributed by atoms with Crippen LogP contribution in [-0.2, 0) is 0 Å². The van der Waals surface area contributed by atoms with Gasteiger partial charge in [0.25, 0.3) is 5.91 Å². The topological polar surface area (TPSA) is 53.2 Å². The van der Waals surface area contributed by atoms with E-state index in [1.165, 1.54) is 30.5 Å². The first-order valence-electron chi connectivity index (χ1n) is 7.40. The van der Waals surface area contributed by atoms with Crippen molar-refractivity contribution in [2.75, 3.05) is 6.54 Å². The first kappa shape index (κ1) is 14.5. The van der Waals surface area contributed by atoms with Gasteiger partial charge in [-0.25, -0.2) is 4.39 Å². The van der Waals surface area contributed by atoms with Crippen molar-refractivity contribution < 1.29 is 9.18 Å². The van der Waals surface area contributed by atoms with Gasteiger partial charge in [0, 0.05) is 18.8 Å². The van der Waals surface area contributed by atoms with Crippen LogP contribution in [-0.4, -0.2) is 22.3 Å². The number of halogens is 1. The molecule has 2 heterocycles. The molecule has 1 amide bonds. The number of benzene rings is 1. The van der Waals surface area contributed by atoms with Crippen LogP contribution in [0.2, 0.25) is 0 Å². The van der Waals surface area contributed by atoms with Gasteiger partial charge in [0.2, 0.25) is 5.56 Å². The van der Waals surface area contributed by atoms with Gasteiger partial charge < -0.3 is 9.88 Å². The predicted molar refractivity (Wildman–Crippen MR) is 81.1 cm³/mol. The Hall–Kier alpha value is -2.43. The molecule has 5 heteroatoms. The van der Waals surface area contributed by atoms with Gasteiger partial charge in [-0.3, -0.25) is 9.59 Å². The summed E-state index contributed by atoms with van der Waals surface area (Å²) in [6.45, 7) is 0.638. The number of aromatic nitrogens is 1. The largest absolute Gasteiger partial charge is 0.332 e. The molecule has 2 aromatic rings. The number of hydrogen-bond donors (Lipinski definition) is 1. The maximum absolute atomic E-state index is 13.5. The summed E-state index contributed by atoms with van der Waals surface area (Å²) in [6.07, 6.45) is 4.19. The van der Waals surface area contributed by atoms with E-state index >= 15 is 0 Å². The second-order valence-corrected chi connectivity index (χ2v) is 5.51. The van der Waals surface area contributed by atoms with Crippen molar-refractivity contribution in [2.45, 2.75) is 25.3 Å². The number of piperidine rings is 1. The predicted octanol–water partition coefficient (Wildman–Crippen LogP) is 2.88. The number of aromatic amines is 1. The molecule has 0 spiro atoms. The highest BCUT2D eigenvalue weighted by molar-refractivity contribution is 5.94. The molecule has 1 fully saturated rings. The van der Waals surface area contributed by atoms with Gasteiger partial charge in [-0.15, -0.1) is 0 Å². The summed E-state index contributed by atoms with van der Waals surface area (Å²) in [4.78, 5) is 28.1. The summed E-state index contributed by atoms with van der Waals surface area (Å²) >= 11 is 0. The van der Waals surface area contributed by atoms with Crippen molar-refractivity contribution in [2.24, 2.45) is 0 Å². The third-order valence-corrected chi connectivity index (χ3v) is 4.03. The number of hydrogen-bond acceptors (Lipinski definition) is 2. The molecule has 1 aromatic heterocycles. The van der Waals surface area contributed by atoms with Crippen LogP contribution in [0.15, 0.2) is 47.4 Å². The van der Waals surface area contributed by atoms with Gasteiger partial charge in [-0.2, -0.15) is 0 Å². The Morgan fingerprint density at radius 1 is 1.23 bits per heavy atom. The lowest BCUT2D eigenvalue weighted by Gasteiger charge is -2.36. The maximum atomic E-state index is 13.5. The van der Waals surface area contributed by atoms with Crippen LogP contribution in [0.1, 0.15) is 41.2 Å². The van der Waals surface area contributed by atoms with E-state index in [4.69, 9.17) is 0 Å². The fourth-order valence-electron chi connectivity index (χ4n) is 2.94. The third kappa shape index (κ3) is 2.93. The lowest BCUT2D eigenvalue weighted by molar-refractivity contribution is 0.0610. The average Bonchev–Trinajstić information content (AvgIpc) is 2.55. The first-order chi connectivity index (χ1) is 10.6. The van der Waals surface area contributed by atoms with Gasteiger partial charge in [-0.05, 0) is 43.0 Å². The molecule has 1 aliphatic rings. The molecular weight excluding hydrogens is 283 g/mol. The SMILES string of the molecule is O=C(c1ccc(=O)[nH]c1)N1CCCC[C@H]1c1cccc(F)c1. The molecule has 0 aliphatic carbocycles. The summed E-state index contributed by atoms with van der Waals surface area (Å²) in [5, 5.41) is 0. The lowest BCUT2D eigenvalue weighted by Crippen LogP contribution is -2.38. The minimum absolute atomic E-state index is 0.121. The van der Waals surface area contributed by atoms with Crippen molar-refractivity contribution in [1.29, 1.82) is 0 Å². The number of carbonyl (C=O) groups is 1. The standard InChI is InChI=1S/C17H17FN2O2/c18-14-5-3-4-12(10-14)15-6-1-2-9-20(15)17(22)13-7-8-16(21)19-11-13/h3-5,7-8,10-11,15H,1-2,6,9H2,(H,19,21)/t15-/m0/s1. The fourth-order valence-corrected chi connectivity index (χ4v) is 2.94. The van der Waals surface area contributed by atoms with E-state index in [9.17, 15) is 14.0 Å². The molecular formula is C17H17FN2O2. The molecule has 114 valence electrons. The monoisotopic (exact) mass is 300 g/mol. The number of amides is 1. The normalized spacial score (nSPS) is 18.2. The summed E-state index contributed by atoms with van der Waals surface area (Å²) in [7, 11) is 0. The number of carbonyl (C=O) groups excluding carboxylic acids is 1. The molecule has 0 bridgehead atoms. The van der Waals surface area contributed by atoms with Crippen LogP contribution >= 0.6 is 0 Å². The van der Waals surface area contributed by atoms with E-state index in [1.807, 2.05) is 6.07 Å². The van der Waals surface area contributed by atoms with E-state index in [2.05, 4.69) is 4.98 Å². The quantitative estimate of drug-likeness (QED) is 0.927. The Kier molecular flexibility index (Phi) is 4.04. The molecule has 1 saturated heterocycles. The van der Waals surface area contributed by atoms with Gasteiger partial charge in [0.15, 0.2) is 0 Å². The van der Waals surface area contributed by atoms with Crippen molar-refractivity contribution >= 4 is 5.91 Å². The molecule has 4 nitrogen and oxygen atoms in total. The molecule has 3 rings (SSSR count). The Bertz CT molecular complexity index is 721. The highest BCUT2D eigenvalue weighted by Gasteiger charge is 2.28. The van der Waals surface area contributed by atoms with Crippen LogP contribution in [0.4, 0.5) is 4.39 Å². The molecule has 0 unspecified atom stereocenters. The fraction of sp³-hybridized carbons (Fsp3) is 0.294. The van der Waals surface area contributed by atoms with Crippen LogP contribution in [0.5, 0.6) is 0 Å². The maximum Gasteiger partial charge on any atom is 0.255 e. The first-order valence-corrected chi connectivity index (χ1v) is 7.40. The van der Waals surface area contributed by atoms with Crippen LogP contribution in [0, 0.1) is 5.82 Å². The smallest absolute Gasteiger partial charge is 0.255 e. The van der Waals surface area contributed by atoms with E-state index in [1.54, 1.807) is 11.0 Å². The molecule has 1 aromatic carbocycles. The minimum Gasteiger partial charge on any atom is -0.332 e.